The number of allylic oxidation sites excluding steroid dienone is 4. The molecule has 0 radical (unpaired) electrons. The molecule has 3 heterocycles. The predicted molar refractivity (Wildman–Crippen MR) is 171 cm³/mol. The van der Waals surface area contributed by atoms with E-state index in [0.717, 1.165) is 23.3 Å². The third-order valence-electron chi connectivity index (χ3n) is 7.95. The SMILES string of the molecule is C=C/C(Cl)=C(C[C@H](OC(=O)[C@H]1CCCN1S(=O)(=O)c1cnc2onc(C)c2c1)c1ccc(OC(F)F)c(OCC2CC2)c1)\C(Cl)=C/C. The van der Waals surface area contributed by atoms with Gasteiger partial charge in [0.2, 0.25) is 10.0 Å². The van der Waals surface area contributed by atoms with Gasteiger partial charge < -0.3 is 18.7 Å². The van der Waals surface area contributed by atoms with Crippen molar-refractivity contribution in [2.24, 2.45) is 5.92 Å². The lowest BCUT2D eigenvalue weighted by molar-refractivity contribution is -0.153. The molecule has 10 nitrogen and oxygen atoms in total. The number of esters is 1. The molecule has 0 amide bonds. The number of alkyl halides is 2. The fraction of sp³-hybridized carbons (Fsp3) is 0.406. The van der Waals surface area contributed by atoms with Crippen LogP contribution in [0, 0.1) is 12.8 Å². The standard InChI is InChI=1S/C32H33Cl2F2N3O7S/c1-4-24(33)23(25(34)5-2)15-28(20-10-11-27(45-32(35)36)29(13-20)43-17-19-8-9-19)44-31(40)26-7-6-12-39(26)47(41,42)21-14-22-18(3)38-46-30(22)37-16-21/h4-5,10-11,13-14,16,19,26,28,32H,1,6-9,12,15,17H2,2-3H3/b24-23+,25-5+/t26-,28+/m1/s1. The number of ether oxygens (including phenoxy) is 3. The largest absolute Gasteiger partial charge is 0.489 e. The van der Waals surface area contributed by atoms with Crippen LogP contribution in [0.15, 0.2) is 74.2 Å². The fourth-order valence-corrected chi connectivity index (χ4v) is 7.25. The molecule has 252 valence electrons. The molecule has 0 spiro atoms. The first kappa shape index (κ1) is 34.8. The number of nitrogens with zero attached hydrogens (tertiary/aromatic N) is 3. The van der Waals surface area contributed by atoms with Crippen LogP contribution in [0.1, 0.15) is 56.4 Å². The van der Waals surface area contributed by atoms with Crippen LogP contribution < -0.4 is 9.47 Å². The number of sulfonamides is 1. The van der Waals surface area contributed by atoms with Gasteiger partial charge >= 0.3 is 12.6 Å². The van der Waals surface area contributed by atoms with Crippen molar-refractivity contribution in [3.05, 3.63) is 76.1 Å². The van der Waals surface area contributed by atoms with Crippen LogP contribution in [0.25, 0.3) is 11.1 Å². The highest BCUT2D eigenvalue weighted by Gasteiger charge is 2.42. The molecule has 2 aromatic heterocycles. The maximum absolute atomic E-state index is 13.9. The van der Waals surface area contributed by atoms with Crippen molar-refractivity contribution >= 4 is 50.3 Å². The average Bonchev–Trinajstić information content (AvgIpc) is 3.61. The molecule has 0 unspecified atom stereocenters. The third kappa shape index (κ3) is 7.97. The Kier molecular flexibility index (Phi) is 10.9. The number of hydrogen-bond donors (Lipinski definition) is 0. The number of rotatable bonds is 14. The van der Waals surface area contributed by atoms with Crippen LogP contribution in [0.2, 0.25) is 0 Å². The molecule has 1 saturated carbocycles. The molecular formula is C32H33Cl2F2N3O7S. The summed E-state index contributed by atoms with van der Waals surface area (Å²) < 4.78 is 76.8. The number of carbonyl (C=O) groups excluding carboxylic acids is 1. The van der Waals surface area contributed by atoms with Gasteiger partial charge in [-0.05, 0) is 74.8 Å². The van der Waals surface area contributed by atoms with E-state index < -0.39 is 34.7 Å². The van der Waals surface area contributed by atoms with Crippen molar-refractivity contribution in [2.45, 2.75) is 69.6 Å². The highest BCUT2D eigenvalue weighted by molar-refractivity contribution is 7.89. The molecule has 47 heavy (non-hydrogen) atoms. The second-order valence-electron chi connectivity index (χ2n) is 11.2. The number of aromatic nitrogens is 2. The number of aryl methyl sites for hydroxylation is 1. The maximum atomic E-state index is 13.9. The first-order valence-electron chi connectivity index (χ1n) is 14.9. The molecule has 2 aliphatic rings. The van der Waals surface area contributed by atoms with Crippen molar-refractivity contribution in [3.63, 3.8) is 0 Å². The summed E-state index contributed by atoms with van der Waals surface area (Å²) in [4.78, 5) is 17.8. The molecule has 0 N–H and O–H groups in total. The van der Waals surface area contributed by atoms with Gasteiger partial charge in [-0.3, -0.25) is 4.79 Å². The number of hydrogen-bond acceptors (Lipinski definition) is 9. The third-order valence-corrected chi connectivity index (χ3v) is 10.7. The van der Waals surface area contributed by atoms with E-state index in [0.29, 0.717) is 41.2 Å². The van der Waals surface area contributed by atoms with E-state index in [2.05, 4.69) is 21.5 Å². The summed E-state index contributed by atoms with van der Waals surface area (Å²) >= 11 is 13.0. The first-order chi connectivity index (χ1) is 22.4. The minimum atomic E-state index is -4.19. The Hall–Kier alpha value is -3.52. The Morgan fingerprint density at radius 3 is 2.66 bits per heavy atom. The quantitative estimate of drug-likeness (QED) is 0.123. The molecule has 0 bridgehead atoms. The van der Waals surface area contributed by atoms with Crippen molar-refractivity contribution in [3.8, 4) is 11.5 Å². The monoisotopic (exact) mass is 711 g/mol. The number of benzene rings is 1. The summed E-state index contributed by atoms with van der Waals surface area (Å²) in [6.45, 7) is 4.36. The molecule has 1 saturated heterocycles. The lowest BCUT2D eigenvalue weighted by Crippen LogP contribution is -2.41. The Morgan fingerprint density at radius 2 is 1.98 bits per heavy atom. The second-order valence-corrected chi connectivity index (χ2v) is 13.9. The summed E-state index contributed by atoms with van der Waals surface area (Å²) in [7, 11) is -4.19. The van der Waals surface area contributed by atoms with E-state index in [9.17, 15) is 22.0 Å². The van der Waals surface area contributed by atoms with Crippen LogP contribution in [-0.4, -0.2) is 54.6 Å². The van der Waals surface area contributed by atoms with E-state index in [1.807, 2.05) is 0 Å². The summed E-state index contributed by atoms with van der Waals surface area (Å²) in [5, 5.41) is 4.73. The average molecular weight is 713 g/mol. The fourth-order valence-electron chi connectivity index (χ4n) is 5.23. The molecule has 5 rings (SSSR count). The number of pyridine rings is 1. The molecule has 1 aliphatic carbocycles. The van der Waals surface area contributed by atoms with Gasteiger partial charge in [0, 0.05) is 23.0 Å². The topological polar surface area (TPSA) is 121 Å². The minimum Gasteiger partial charge on any atom is -0.489 e. The van der Waals surface area contributed by atoms with Crippen LogP contribution in [-0.2, 0) is 19.6 Å². The summed E-state index contributed by atoms with van der Waals surface area (Å²) in [6.07, 6.45) is 5.55. The van der Waals surface area contributed by atoms with Gasteiger partial charge in [0.25, 0.3) is 5.71 Å². The van der Waals surface area contributed by atoms with Crippen LogP contribution in [0.4, 0.5) is 8.78 Å². The molecule has 1 aliphatic heterocycles. The van der Waals surface area contributed by atoms with Gasteiger partial charge in [-0.1, -0.05) is 53.2 Å². The zero-order valence-corrected chi connectivity index (χ0v) is 28.0. The molecule has 2 atom stereocenters. The van der Waals surface area contributed by atoms with Gasteiger partial charge in [0.15, 0.2) is 11.5 Å². The number of halogens is 4. The lowest BCUT2D eigenvalue weighted by atomic mass is 9.99. The van der Waals surface area contributed by atoms with E-state index >= 15 is 0 Å². The normalized spacial score (nSPS) is 18.7. The van der Waals surface area contributed by atoms with Gasteiger partial charge in [0.05, 0.1) is 23.9 Å². The van der Waals surface area contributed by atoms with Crippen LogP contribution in [0.5, 0.6) is 11.5 Å². The van der Waals surface area contributed by atoms with Crippen molar-refractivity contribution in [1.29, 1.82) is 0 Å². The zero-order valence-electron chi connectivity index (χ0n) is 25.6. The Balaban J connectivity index is 1.48. The predicted octanol–water partition coefficient (Wildman–Crippen LogP) is 7.57. The Bertz CT molecular complexity index is 1830. The van der Waals surface area contributed by atoms with Gasteiger partial charge in [-0.15, -0.1) is 0 Å². The second kappa shape index (κ2) is 14.7. The zero-order chi connectivity index (χ0) is 33.9. The van der Waals surface area contributed by atoms with Gasteiger partial charge in [0.1, 0.15) is 17.0 Å². The summed E-state index contributed by atoms with van der Waals surface area (Å²) in [5.74, 6) is -0.640. The maximum Gasteiger partial charge on any atom is 0.387 e. The van der Waals surface area contributed by atoms with E-state index in [1.165, 1.54) is 30.3 Å². The smallest absolute Gasteiger partial charge is 0.387 e. The Morgan fingerprint density at radius 1 is 1.21 bits per heavy atom. The molecular weight excluding hydrogens is 679 g/mol. The van der Waals surface area contributed by atoms with Crippen LogP contribution in [0.3, 0.4) is 0 Å². The summed E-state index contributed by atoms with van der Waals surface area (Å²) in [5.41, 5.74) is 1.42. The summed E-state index contributed by atoms with van der Waals surface area (Å²) in [6, 6.07) is 4.49. The van der Waals surface area contributed by atoms with Crippen LogP contribution >= 0.6 is 23.2 Å². The Labute approximate surface area is 281 Å². The highest BCUT2D eigenvalue weighted by atomic mass is 35.5. The van der Waals surface area contributed by atoms with Gasteiger partial charge in [-0.25, -0.2) is 13.4 Å². The minimum absolute atomic E-state index is 0.0465. The number of carbonyl (C=O) groups is 1. The van der Waals surface area contributed by atoms with Gasteiger partial charge in [-0.2, -0.15) is 13.1 Å². The van der Waals surface area contributed by atoms with Crippen molar-refractivity contribution < 1.29 is 40.7 Å². The number of fused-ring (bicyclic) bond motifs is 1. The van der Waals surface area contributed by atoms with Crippen molar-refractivity contribution in [1.82, 2.24) is 14.4 Å². The lowest BCUT2D eigenvalue weighted by Gasteiger charge is -2.27. The molecule has 1 aromatic carbocycles. The van der Waals surface area contributed by atoms with E-state index in [4.69, 9.17) is 37.2 Å². The molecule has 15 heteroatoms. The molecule has 2 fully saturated rings. The van der Waals surface area contributed by atoms with Crippen molar-refractivity contribution in [2.75, 3.05) is 13.2 Å². The first-order valence-corrected chi connectivity index (χ1v) is 17.1. The van der Waals surface area contributed by atoms with E-state index in [1.54, 1.807) is 19.9 Å². The van der Waals surface area contributed by atoms with E-state index in [-0.39, 0.29) is 51.6 Å². The molecule has 3 aromatic rings. The highest BCUT2D eigenvalue weighted by Crippen LogP contribution is 2.40.